The first-order valence-electron chi connectivity index (χ1n) is 10.3. The molecule has 1 aliphatic rings. The first kappa shape index (κ1) is 23.6. The number of benzene rings is 3. The van der Waals surface area contributed by atoms with Crippen LogP contribution in [0.4, 0.5) is 18.9 Å². The highest BCUT2D eigenvalue weighted by molar-refractivity contribution is 6.28. The predicted molar refractivity (Wildman–Crippen MR) is 120 cm³/mol. The van der Waals surface area contributed by atoms with Crippen molar-refractivity contribution in [3.8, 4) is 0 Å². The second kappa shape index (κ2) is 9.38. The number of rotatable bonds is 5. The number of carbonyl (C=O) groups excluding carboxylic acids is 4. The van der Waals surface area contributed by atoms with Gasteiger partial charge in [-0.2, -0.15) is 13.2 Å². The first-order valence-corrected chi connectivity index (χ1v) is 10.3. The maximum Gasteiger partial charge on any atom is 0.416 e. The Morgan fingerprint density at radius 2 is 1.43 bits per heavy atom. The zero-order valence-corrected chi connectivity index (χ0v) is 17.9. The second-order valence-electron chi connectivity index (χ2n) is 7.57. The number of amides is 1. The minimum atomic E-state index is -4.46. The van der Waals surface area contributed by atoms with E-state index in [0.29, 0.717) is 11.1 Å². The molecule has 0 spiro atoms. The summed E-state index contributed by atoms with van der Waals surface area (Å²) in [6.45, 7) is -0.636. The molecule has 0 aliphatic heterocycles. The van der Waals surface area contributed by atoms with Gasteiger partial charge in [0.05, 0.1) is 5.56 Å². The number of hydrogen-bond donors (Lipinski definition) is 1. The Morgan fingerprint density at radius 3 is 2.06 bits per heavy atom. The van der Waals surface area contributed by atoms with Crippen molar-refractivity contribution in [3.63, 3.8) is 0 Å². The van der Waals surface area contributed by atoms with Crippen LogP contribution in [0, 0.1) is 0 Å². The average molecular weight is 479 g/mol. The Labute approximate surface area is 197 Å². The number of hydrogen-bond acceptors (Lipinski definition) is 5. The molecule has 0 radical (unpaired) electrons. The van der Waals surface area contributed by atoms with Crippen LogP contribution in [0.3, 0.4) is 0 Å². The van der Waals surface area contributed by atoms with Gasteiger partial charge in [-0.3, -0.25) is 14.4 Å². The molecule has 0 atom stereocenters. The molecule has 1 amide bonds. The summed E-state index contributed by atoms with van der Waals surface area (Å²) in [5.74, 6) is -2.19. The number of anilines is 1. The van der Waals surface area contributed by atoms with Crippen LogP contribution in [0.5, 0.6) is 0 Å². The number of carbonyl (C=O) groups is 4. The molecule has 3 aromatic rings. The summed E-state index contributed by atoms with van der Waals surface area (Å²) in [5, 5.41) is 2.49. The van der Waals surface area contributed by atoms with Gasteiger partial charge >= 0.3 is 12.1 Å². The summed E-state index contributed by atoms with van der Waals surface area (Å²) >= 11 is 0. The monoisotopic (exact) mass is 479 g/mol. The first-order chi connectivity index (χ1) is 16.6. The Hall–Kier alpha value is -4.53. The van der Waals surface area contributed by atoms with Crippen LogP contribution in [0.15, 0.2) is 72.8 Å². The molecule has 9 heteroatoms. The van der Waals surface area contributed by atoms with Gasteiger partial charge in [-0.1, -0.05) is 36.4 Å². The van der Waals surface area contributed by atoms with Gasteiger partial charge in [0.2, 0.25) is 0 Å². The standard InChI is InChI=1S/C26H16F3NO5/c27-26(28,29)16-8-5-15(6-9-16)7-12-23(32)35-14-22(31)30-17-10-11-20-21(13-17)25(34)19-4-2-1-3-18(19)24(20)33/h1-13H,14H2,(H,30,31)/b12-7+. The Balaban J connectivity index is 1.34. The Morgan fingerprint density at radius 1 is 0.829 bits per heavy atom. The van der Waals surface area contributed by atoms with Crippen molar-refractivity contribution in [2.75, 3.05) is 11.9 Å². The number of nitrogens with one attached hydrogen (secondary N) is 1. The lowest BCUT2D eigenvalue weighted by Gasteiger charge is -2.18. The third-order valence-corrected chi connectivity index (χ3v) is 5.20. The third kappa shape index (κ3) is 5.19. The average Bonchev–Trinajstić information content (AvgIpc) is 2.84. The van der Waals surface area contributed by atoms with Gasteiger partial charge < -0.3 is 10.1 Å². The van der Waals surface area contributed by atoms with E-state index in [2.05, 4.69) is 5.32 Å². The van der Waals surface area contributed by atoms with Crippen LogP contribution in [-0.2, 0) is 20.5 Å². The number of esters is 1. The highest BCUT2D eigenvalue weighted by Crippen LogP contribution is 2.30. The molecule has 1 N–H and O–H groups in total. The van der Waals surface area contributed by atoms with Crippen molar-refractivity contribution in [2.45, 2.75) is 6.18 Å². The van der Waals surface area contributed by atoms with Gasteiger partial charge in [-0.05, 0) is 42.0 Å². The zero-order chi connectivity index (χ0) is 25.2. The molecule has 0 bridgehead atoms. The molecule has 0 aromatic heterocycles. The number of halogens is 3. The second-order valence-corrected chi connectivity index (χ2v) is 7.57. The molecule has 35 heavy (non-hydrogen) atoms. The van der Waals surface area contributed by atoms with E-state index in [1.165, 1.54) is 36.4 Å². The fraction of sp³-hybridized carbons (Fsp3) is 0.0769. The predicted octanol–water partition coefficient (Wildman–Crippen LogP) is 4.68. The van der Waals surface area contributed by atoms with E-state index in [9.17, 15) is 32.3 Å². The molecule has 3 aromatic carbocycles. The van der Waals surface area contributed by atoms with Gasteiger partial charge in [0.25, 0.3) is 5.91 Å². The highest BCUT2D eigenvalue weighted by atomic mass is 19.4. The van der Waals surface area contributed by atoms with E-state index in [1.807, 2.05) is 0 Å². The van der Waals surface area contributed by atoms with Gasteiger partial charge in [0, 0.05) is 34.0 Å². The van der Waals surface area contributed by atoms with Crippen LogP contribution in [0.1, 0.15) is 43.0 Å². The van der Waals surface area contributed by atoms with Gasteiger partial charge in [-0.25, -0.2) is 4.79 Å². The molecule has 6 nitrogen and oxygen atoms in total. The van der Waals surface area contributed by atoms with Gasteiger partial charge in [0.15, 0.2) is 18.2 Å². The van der Waals surface area contributed by atoms with Crippen molar-refractivity contribution in [3.05, 3.63) is 106 Å². The van der Waals surface area contributed by atoms with Crippen molar-refractivity contribution < 1.29 is 37.1 Å². The van der Waals surface area contributed by atoms with Gasteiger partial charge in [-0.15, -0.1) is 0 Å². The van der Waals surface area contributed by atoms with E-state index in [-0.39, 0.29) is 33.9 Å². The summed E-state index contributed by atoms with van der Waals surface area (Å²) in [4.78, 5) is 49.4. The molecule has 0 saturated heterocycles. The van der Waals surface area contributed by atoms with Crippen LogP contribution in [0.25, 0.3) is 6.08 Å². The van der Waals surface area contributed by atoms with E-state index in [0.717, 1.165) is 18.2 Å². The maximum atomic E-state index is 12.8. The quantitative estimate of drug-likeness (QED) is 0.332. The normalized spacial score (nSPS) is 12.8. The number of ether oxygens (including phenoxy) is 1. The summed E-state index contributed by atoms with van der Waals surface area (Å²) < 4.78 is 42.6. The third-order valence-electron chi connectivity index (χ3n) is 5.20. The fourth-order valence-electron chi connectivity index (χ4n) is 3.51. The van der Waals surface area contributed by atoms with Crippen molar-refractivity contribution in [1.82, 2.24) is 0 Å². The van der Waals surface area contributed by atoms with E-state index in [4.69, 9.17) is 4.74 Å². The van der Waals surface area contributed by atoms with Crippen LogP contribution in [0.2, 0.25) is 0 Å². The van der Waals surface area contributed by atoms with Crippen molar-refractivity contribution in [2.24, 2.45) is 0 Å². The van der Waals surface area contributed by atoms with Crippen molar-refractivity contribution in [1.29, 1.82) is 0 Å². The molecule has 4 rings (SSSR count). The van der Waals surface area contributed by atoms with E-state index in [1.54, 1.807) is 24.3 Å². The minimum Gasteiger partial charge on any atom is -0.452 e. The number of ketones is 2. The zero-order valence-electron chi connectivity index (χ0n) is 17.9. The SMILES string of the molecule is O=C(COC(=O)/C=C/c1ccc(C(F)(F)F)cc1)Nc1ccc2c(c1)C(=O)c1ccccc1C2=O. The summed E-state index contributed by atoms with van der Waals surface area (Å²) in [6.07, 6.45) is -2.22. The summed E-state index contributed by atoms with van der Waals surface area (Å²) in [6, 6.07) is 14.9. The lowest BCUT2D eigenvalue weighted by molar-refractivity contribution is -0.142. The summed E-state index contributed by atoms with van der Waals surface area (Å²) in [5.41, 5.74) is 0.751. The lowest BCUT2D eigenvalue weighted by Crippen LogP contribution is -2.23. The molecule has 0 heterocycles. The fourth-order valence-corrected chi connectivity index (χ4v) is 3.51. The molecule has 1 aliphatic carbocycles. The largest absolute Gasteiger partial charge is 0.452 e. The Bertz CT molecular complexity index is 1370. The number of alkyl halides is 3. The lowest BCUT2D eigenvalue weighted by atomic mass is 9.84. The van der Waals surface area contributed by atoms with E-state index < -0.39 is 30.2 Å². The van der Waals surface area contributed by atoms with Gasteiger partial charge in [0.1, 0.15) is 0 Å². The molecular weight excluding hydrogens is 463 g/mol. The van der Waals surface area contributed by atoms with Crippen LogP contribution < -0.4 is 5.32 Å². The van der Waals surface area contributed by atoms with Crippen molar-refractivity contribution >= 4 is 35.2 Å². The minimum absolute atomic E-state index is 0.156. The molecular formula is C26H16F3NO5. The van der Waals surface area contributed by atoms with Crippen LogP contribution >= 0.6 is 0 Å². The number of fused-ring (bicyclic) bond motifs is 2. The molecule has 0 fully saturated rings. The summed E-state index contributed by atoms with van der Waals surface area (Å²) in [7, 11) is 0. The molecule has 176 valence electrons. The van der Waals surface area contributed by atoms with E-state index >= 15 is 0 Å². The maximum absolute atomic E-state index is 12.8. The Kier molecular flexibility index (Phi) is 6.33. The highest BCUT2D eigenvalue weighted by Gasteiger charge is 2.30. The van der Waals surface area contributed by atoms with Crippen LogP contribution in [-0.4, -0.2) is 30.0 Å². The smallest absolute Gasteiger partial charge is 0.416 e. The topological polar surface area (TPSA) is 89.5 Å². The molecule has 0 saturated carbocycles. The molecule has 0 unspecified atom stereocenters.